The Labute approximate surface area is 168 Å². The van der Waals surface area contributed by atoms with Gasteiger partial charge in [-0.15, -0.1) is 0 Å². The van der Waals surface area contributed by atoms with Crippen molar-refractivity contribution in [1.82, 2.24) is 5.32 Å². The van der Waals surface area contributed by atoms with Crippen LogP contribution in [0.2, 0.25) is 0 Å². The molecule has 28 heavy (non-hydrogen) atoms. The lowest BCUT2D eigenvalue weighted by molar-refractivity contribution is -0.126. The van der Waals surface area contributed by atoms with Crippen LogP contribution in [0.4, 0.5) is 5.69 Å². The van der Waals surface area contributed by atoms with Gasteiger partial charge in [0.05, 0.1) is 13.2 Å². The van der Waals surface area contributed by atoms with Gasteiger partial charge >= 0.3 is 0 Å². The summed E-state index contributed by atoms with van der Waals surface area (Å²) in [6.45, 7) is 5.66. The Morgan fingerprint density at radius 1 is 1.00 bits per heavy atom. The lowest BCUT2D eigenvalue weighted by Crippen LogP contribution is -2.34. The van der Waals surface area contributed by atoms with Gasteiger partial charge in [0.25, 0.3) is 0 Å². The van der Waals surface area contributed by atoms with Crippen LogP contribution in [0.1, 0.15) is 65.2 Å². The zero-order valence-corrected chi connectivity index (χ0v) is 17.2. The number of anilines is 1. The standard InChI is InChI=1S/C22H34N2O4/c1-3-14-27-19-11-10-18(16-20(19)28-15-4-2)24-21(25)12-13-23-22(26)17-8-6-5-7-9-17/h10-11,16-17H,3-9,12-15H2,1-2H3,(H,23,26)(H,24,25). The molecule has 0 bridgehead atoms. The summed E-state index contributed by atoms with van der Waals surface area (Å²) < 4.78 is 11.5. The molecule has 1 aromatic carbocycles. The zero-order chi connectivity index (χ0) is 20.2. The average Bonchev–Trinajstić information content (AvgIpc) is 2.72. The minimum atomic E-state index is -0.132. The number of carbonyl (C=O) groups is 2. The van der Waals surface area contributed by atoms with Crippen molar-refractivity contribution in [3.63, 3.8) is 0 Å². The quantitative estimate of drug-likeness (QED) is 0.591. The molecule has 1 aliphatic carbocycles. The Kier molecular flexibility index (Phi) is 9.66. The summed E-state index contributed by atoms with van der Waals surface area (Å²) in [5.74, 6) is 1.39. The molecular weight excluding hydrogens is 356 g/mol. The van der Waals surface area contributed by atoms with E-state index in [9.17, 15) is 9.59 Å². The highest BCUT2D eigenvalue weighted by atomic mass is 16.5. The van der Waals surface area contributed by atoms with Gasteiger partial charge in [0, 0.05) is 30.6 Å². The normalized spacial score (nSPS) is 14.4. The maximum Gasteiger partial charge on any atom is 0.226 e. The van der Waals surface area contributed by atoms with E-state index in [0.717, 1.165) is 38.5 Å². The predicted molar refractivity (Wildman–Crippen MR) is 111 cm³/mol. The van der Waals surface area contributed by atoms with E-state index in [2.05, 4.69) is 10.6 Å². The van der Waals surface area contributed by atoms with Crippen molar-refractivity contribution in [2.24, 2.45) is 5.92 Å². The summed E-state index contributed by atoms with van der Waals surface area (Å²) in [6.07, 6.45) is 7.45. The minimum absolute atomic E-state index is 0.0835. The fraction of sp³-hybridized carbons (Fsp3) is 0.636. The fourth-order valence-corrected chi connectivity index (χ4v) is 3.27. The van der Waals surface area contributed by atoms with Crippen molar-refractivity contribution in [3.05, 3.63) is 18.2 Å². The first-order valence-electron chi connectivity index (χ1n) is 10.6. The smallest absolute Gasteiger partial charge is 0.226 e. The maximum atomic E-state index is 12.2. The Balaban J connectivity index is 1.82. The summed E-state index contributed by atoms with van der Waals surface area (Å²) in [5, 5.41) is 5.77. The third-order valence-electron chi connectivity index (χ3n) is 4.78. The molecule has 0 aromatic heterocycles. The molecule has 156 valence electrons. The second-order valence-electron chi connectivity index (χ2n) is 7.28. The van der Waals surface area contributed by atoms with E-state index in [1.807, 2.05) is 26.0 Å². The molecule has 0 atom stereocenters. The second-order valence-corrected chi connectivity index (χ2v) is 7.28. The molecule has 6 heteroatoms. The van der Waals surface area contributed by atoms with Gasteiger partial charge in [0.1, 0.15) is 0 Å². The predicted octanol–water partition coefficient (Wildman–Crippen LogP) is 4.29. The van der Waals surface area contributed by atoms with Gasteiger partial charge in [-0.2, -0.15) is 0 Å². The summed E-state index contributed by atoms with van der Waals surface area (Å²) in [5.41, 5.74) is 0.665. The number of hydrogen-bond acceptors (Lipinski definition) is 4. The molecule has 1 fully saturated rings. The molecule has 0 aliphatic heterocycles. The first-order chi connectivity index (χ1) is 13.6. The second kappa shape index (κ2) is 12.3. The van der Waals surface area contributed by atoms with Gasteiger partial charge in [0.15, 0.2) is 11.5 Å². The number of nitrogens with one attached hydrogen (secondary N) is 2. The van der Waals surface area contributed by atoms with E-state index >= 15 is 0 Å². The van der Waals surface area contributed by atoms with E-state index in [0.29, 0.717) is 36.9 Å². The highest BCUT2D eigenvalue weighted by Crippen LogP contribution is 2.31. The van der Waals surface area contributed by atoms with Gasteiger partial charge in [-0.1, -0.05) is 33.1 Å². The zero-order valence-electron chi connectivity index (χ0n) is 17.2. The van der Waals surface area contributed by atoms with Crippen LogP contribution in [-0.4, -0.2) is 31.6 Å². The Morgan fingerprint density at radius 2 is 1.68 bits per heavy atom. The van der Waals surface area contributed by atoms with Crippen molar-refractivity contribution in [2.45, 2.75) is 65.2 Å². The molecule has 1 aliphatic rings. The van der Waals surface area contributed by atoms with Crippen LogP contribution in [0.5, 0.6) is 11.5 Å². The van der Waals surface area contributed by atoms with Crippen molar-refractivity contribution in [2.75, 3.05) is 25.1 Å². The Bertz CT molecular complexity index is 627. The van der Waals surface area contributed by atoms with Crippen LogP contribution in [0.15, 0.2) is 18.2 Å². The first kappa shape index (κ1) is 22.1. The lowest BCUT2D eigenvalue weighted by atomic mass is 9.89. The number of benzene rings is 1. The molecule has 6 nitrogen and oxygen atoms in total. The van der Waals surface area contributed by atoms with Crippen molar-refractivity contribution in [3.8, 4) is 11.5 Å². The molecule has 2 amide bonds. The van der Waals surface area contributed by atoms with Crippen LogP contribution in [0.3, 0.4) is 0 Å². The van der Waals surface area contributed by atoms with Crippen molar-refractivity contribution < 1.29 is 19.1 Å². The summed E-state index contributed by atoms with van der Waals surface area (Å²) in [7, 11) is 0. The molecule has 0 saturated heterocycles. The summed E-state index contributed by atoms with van der Waals surface area (Å²) >= 11 is 0. The third kappa shape index (κ3) is 7.41. The van der Waals surface area contributed by atoms with Crippen LogP contribution >= 0.6 is 0 Å². The molecular formula is C22H34N2O4. The van der Waals surface area contributed by atoms with Gasteiger partial charge in [-0.05, 0) is 37.8 Å². The molecule has 1 aromatic rings. The monoisotopic (exact) mass is 390 g/mol. The Hall–Kier alpha value is -2.24. The topological polar surface area (TPSA) is 76.7 Å². The van der Waals surface area contributed by atoms with Crippen LogP contribution in [-0.2, 0) is 9.59 Å². The van der Waals surface area contributed by atoms with E-state index in [1.54, 1.807) is 6.07 Å². The van der Waals surface area contributed by atoms with Gasteiger partial charge < -0.3 is 20.1 Å². The van der Waals surface area contributed by atoms with Crippen molar-refractivity contribution >= 4 is 17.5 Å². The molecule has 2 N–H and O–H groups in total. The third-order valence-corrected chi connectivity index (χ3v) is 4.78. The Morgan fingerprint density at radius 3 is 2.36 bits per heavy atom. The van der Waals surface area contributed by atoms with Crippen LogP contribution < -0.4 is 20.1 Å². The highest BCUT2D eigenvalue weighted by Gasteiger charge is 2.20. The molecule has 0 radical (unpaired) electrons. The first-order valence-corrected chi connectivity index (χ1v) is 10.6. The van der Waals surface area contributed by atoms with E-state index in [-0.39, 0.29) is 24.2 Å². The average molecular weight is 391 g/mol. The molecule has 0 unspecified atom stereocenters. The summed E-state index contributed by atoms with van der Waals surface area (Å²) in [4.78, 5) is 24.4. The van der Waals surface area contributed by atoms with E-state index < -0.39 is 0 Å². The maximum absolute atomic E-state index is 12.2. The fourth-order valence-electron chi connectivity index (χ4n) is 3.27. The molecule has 0 heterocycles. The SMILES string of the molecule is CCCOc1ccc(NC(=O)CCNC(=O)C2CCCCC2)cc1OCCC. The van der Waals surface area contributed by atoms with E-state index in [4.69, 9.17) is 9.47 Å². The number of carbonyl (C=O) groups excluding carboxylic acids is 2. The molecule has 2 rings (SSSR count). The highest BCUT2D eigenvalue weighted by molar-refractivity contribution is 5.91. The number of hydrogen-bond donors (Lipinski definition) is 2. The summed E-state index contributed by atoms with van der Waals surface area (Å²) in [6, 6.07) is 5.42. The number of ether oxygens (including phenoxy) is 2. The van der Waals surface area contributed by atoms with Crippen LogP contribution in [0.25, 0.3) is 0 Å². The lowest BCUT2D eigenvalue weighted by Gasteiger charge is -2.20. The minimum Gasteiger partial charge on any atom is -0.490 e. The van der Waals surface area contributed by atoms with Crippen LogP contribution in [0, 0.1) is 5.92 Å². The van der Waals surface area contributed by atoms with Gasteiger partial charge in [-0.25, -0.2) is 0 Å². The number of amides is 2. The largest absolute Gasteiger partial charge is 0.490 e. The van der Waals surface area contributed by atoms with E-state index in [1.165, 1.54) is 6.42 Å². The number of rotatable bonds is 11. The van der Waals surface area contributed by atoms with Gasteiger partial charge in [-0.3, -0.25) is 9.59 Å². The van der Waals surface area contributed by atoms with Crippen molar-refractivity contribution in [1.29, 1.82) is 0 Å². The van der Waals surface area contributed by atoms with Gasteiger partial charge in [0.2, 0.25) is 11.8 Å². The molecule has 0 spiro atoms. The molecule has 1 saturated carbocycles.